The number of aromatic amines is 1. The minimum absolute atomic E-state index is 0.0458. The number of carboxylic acids is 1. The molecule has 0 aliphatic carbocycles. The number of hydrogen-bond donors (Lipinski definition) is 2. The zero-order valence-electron chi connectivity index (χ0n) is 16.1. The smallest absolute Gasteiger partial charge is 0.325 e. The predicted molar refractivity (Wildman–Crippen MR) is 114 cm³/mol. The summed E-state index contributed by atoms with van der Waals surface area (Å²) < 4.78 is 0. The van der Waals surface area contributed by atoms with Gasteiger partial charge in [0, 0.05) is 65.1 Å². The van der Waals surface area contributed by atoms with Crippen LogP contribution in [0.4, 0.5) is 5.69 Å². The summed E-state index contributed by atoms with van der Waals surface area (Å²) in [7, 11) is 0. The monoisotopic (exact) mass is 411 g/mol. The van der Waals surface area contributed by atoms with Gasteiger partial charge in [0.15, 0.2) is 5.78 Å². The van der Waals surface area contributed by atoms with Crippen molar-refractivity contribution < 1.29 is 14.7 Å². The molecule has 0 bridgehead atoms. The molecule has 2 aromatic carbocycles. The van der Waals surface area contributed by atoms with Crippen LogP contribution in [-0.4, -0.2) is 52.9 Å². The molecule has 1 aromatic heterocycles. The average Bonchev–Trinajstić information content (AvgIpc) is 3.11. The first-order valence-corrected chi connectivity index (χ1v) is 9.91. The van der Waals surface area contributed by atoms with Gasteiger partial charge in [0.25, 0.3) is 0 Å². The highest BCUT2D eigenvalue weighted by Gasteiger charge is 2.32. The molecule has 1 aliphatic heterocycles. The molecule has 150 valence electrons. The maximum atomic E-state index is 12.1. The Morgan fingerprint density at radius 1 is 1.07 bits per heavy atom. The van der Waals surface area contributed by atoms with Gasteiger partial charge < -0.3 is 15.0 Å². The Balaban J connectivity index is 1.53. The lowest BCUT2D eigenvalue weighted by molar-refractivity contribution is -0.143. The molecule has 7 heteroatoms. The Morgan fingerprint density at radius 2 is 1.76 bits per heavy atom. The lowest BCUT2D eigenvalue weighted by Crippen LogP contribution is -2.49. The van der Waals surface area contributed by atoms with Gasteiger partial charge in [-0.25, -0.2) is 0 Å². The number of Topliss-reactive ketones (excluding diaryl/α,β-unsaturated/α-hetero) is 1. The Morgan fingerprint density at radius 3 is 2.38 bits per heavy atom. The van der Waals surface area contributed by atoms with E-state index in [2.05, 4.69) is 9.88 Å². The molecule has 6 nitrogen and oxygen atoms in total. The number of nitrogens with one attached hydrogen (secondary N) is 1. The van der Waals surface area contributed by atoms with Gasteiger partial charge in [0.1, 0.15) is 6.04 Å². The van der Waals surface area contributed by atoms with Crippen molar-refractivity contribution >= 4 is 39.9 Å². The van der Waals surface area contributed by atoms with Crippen LogP contribution in [0.25, 0.3) is 10.9 Å². The third-order valence-electron chi connectivity index (χ3n) is 5.52. The van der Waals surface area contributed by atoms with Crippen molar-refractivity contribution in [2.24, 2.45) is 0 Å². The van der Waals surface area contributed by atoms with E-state index >= 15 is 0 Å². The number of rotatable bonds is 5. The summed E-state index contributed by atoms with van der Waals surface area (Å²) in [4.78, 5) is 31.0. The fourth-order valence-corrected chi connectivity index (χ4v) is 4.14. The number of halogens is 1. The highest BCUT2D eigenvalue weighted by atomic mass is 35.5. The van der Waals surface area contributed by atoms with Crippen LogP contribution < -0.4 is 4.90 Å². The molecule has 3 aromatic rings. The molecule has 2 N–H and O–H groups in total. The molecule has 29 heavy (non-hydrogen) atoms. The Hall–Kier alpha value is -2.83. The number of carboxylic acid groups (broad SMARTS) is 1. The molecular weight excluding hydrogens is 390 g/mol. The number of anilines is 1. The zero-order valence-corrected chi connectivity index (χ0v) is 16.8. The molecule has 1 saturated heterocycles. The number of hydrogen-bond acceptors (Lipinski definition) is 4. The molecule has 4 rings (SSSR count). The summed E-state index contributed by atoms with van der Waals surface area (Å²) in [5, 5.41) is 11.4. The first-order chi connectivity index (χ1) is 13.9. The van der Waals surface area contributed by atoms with Crippen LogP contribution in [0, 0.1) is 0 Å². The molecule has 0 radical (unpaired) electrons. The molecule has 1 fully saturated rings. The number of ketones is 1. The number of piperazine rings is 1. The van der Waals surface area contributed by atoms with Gasteiger partial charge in [0.2, 0.25) is 0 Å². The number of nitrogens with zero attached hydrogens (tertiary/aromatic N) is 2. The summed E-state index contributed by atoms with van der Waals surface area (Å²) in [5.74, 6) is -0.824. The summed E-state index contributed by atoms with van der Waals surface area (Å²) >= 11 is 6.13. The summed E-state index contributed by atoms with van der Waals surface area (Å²) in [5.41, 5.74) is 3.34. The second-order valence-corrected chi connectivity index (χ2v) is 7.74. The van der Waals surface area contributed by atoms with Crippen molar-refractivity contribution in [2.75, 3.05) is 31.1 Å². The van der Waals surface area contributed by atoms with Gasteiger partial charge in [-0.2, -0.15) is 0 Å². The van der Waals surface area contributed by atoms with E-state index < -0.39 is 12.0 Å². The molecule has 0 unspecified atom stereocenters. The SMILES string of the molecule is CC(=O)c1ccc(N2CCN([C@@H](C(=O)O)c3c[nH]c4ccc(Cl)cc34)CC2)cc1. The topological polar surface area (TPSA) is 76.6 Å². The highest BCUT2D eigenvalue weighted by molar-refractivity contribution is 6.31. The van der Waals surface area contributed by atoms with E-state index in [9.17, 15) is 14.7 Å². The van der Waals surface area contributed by atoms with Crippen LogP contribution in [-0.2, 0) is 4.79 Å². The molecule has 0 spiro atoms. The molecule has 1 atom stereocenters. The van der Waals surface area contributed by atoms with Gasteiger partial charge >= 0.3 is 5.97 Å². The van der Waals surface area contributed by atoms with Gasteiger partial charge in [-0.1, -0.05) is 11.6 Å². The van der Waals surface area contributed by atoms with Gasteiger partial charge in [-0.3, -0.25) is 14.5 Å². The number of fused-ring (bicyclic) bond motifs is 1. The third kappa shape index (κ3) is 3.86. The van der Waals surface area contributed by atoms with E-state index in [-0.39, 0.29) is 5.78 Å². The van der Waals surface area contributed by atoms with Gasteiger partial charge in [-0.05, 0) is 49.4 Å². The first kappa shape index (κ1) is 19.5. The van der Waals surface area contributed by atoms with Crippen LogP contribution in [0.3, 0.4) is 0 Å². The normalized spacial score (nSPS) is 16.1. The Labute approximate surface area is 173 Å². The van der Waals surface area contributed by atoms with E-state index in [1.807, 2.05) is 41.3 Å². The lowest BCUT2D eigenvalue weighted by Gasteiger charge is -2.38. The first-order valence-electron chi connectivity index (χ1n) is 9.53. The molecular formula is C22H22ClN3O3. The van der Waals surface area contributed by atoms with Crippen LogP contribution in [0.2, 0.25) is 5.02 Å². The van der Waals surface area contributed by atoms with Crippen LogP contribution in [0.5, 0.6) is 0 Å². The van der Waals surface area contributed by atoms with Crippen molar-refractivity contribution in [1.82, 2.24) is 9.88 Å². The minimum atomic E-state index is -0.870. The van der Waals surface area contributed by atoms with Crippen LogP contribution in [0.15, 0.2) is 48.7 Å². The van der Waals surface area contributed by atoms with E-state index in [0.717, 1.165) is 22.2 Å². The summed E-state index contributed by atoms with van der Waals surface area (Å²) in [6.07, 6.45) is 1.77. The number of carbonyl (C=O) groups excluding carboxylic acids is 1. The van der Waals surface area contributed by atoms with E-state index in [1.165, 1.54) is 0 Å². The predicted octanol–water partition coefficient (Wildman–Crippen LogP) is 3.97. The molecule has 1 aliphatic rings. The summed E-state index contributed by atoms with van der Waals surface area (Å²) in [6, 6.07) is 12.3. The van der Waals surface area contributed by atoms with E-state index in [0.29, 0.717) is 36.8 Å². The van der Waals surface area contributed by atoms with Gasteiger partial charge in [0.05, 0.1) is 0 Å². The third-order valence-corrected chi connectivity index (χ3v) is 5.76. The number of H-pyrrole nitrogens is 1. The Bertz CT molecular complexity index is 1050. The standard InChI is InChI=1S/C22H22ClN3O3/c1-14(27)15-2-5-17(6-3-15)25-8-10-26(11-9-25)21(22(28)29)19-13-24-20-7-4-16(23)12-18(19)20/h2-7,12-13,21,24H,8-11H2,1H3,(H,28,29)/t21-/m1/s1. The van der Waals surface area contributed by atoms with Crippen molar-refractivity contribution in [3.63, 3.8) is 0 Å². The minimum Gasteiger partial charge on any atom is -0.480 e. The maximum absolute atomic E-state index is 12.1. The van der Waals surface area contributed by atoms with Crippen molar-refractivity contribution in [2.45, 2.75) is 13.0 Å². The van der Waals surface area contributed by atoms with Crippen molar-refractivity contribution in [1.29, 1.82) is 0 Å². The highest BCUT2D eigenvalue weighted by Crippen LogP contribution is 2.31. The van der Waals surface area contributed by atoms with Crippen molar-refractivity contribution in [3.8, 4) is 0 Å². The van der Waals surface area contributed by atoms with Crippen LogP contribution in [0.1, 0.15) is 28.9 Å². The van der Waals surface area contributed by atoms with Gasteiger partial charge in [-0.15, -0.1) is 0 Å². The number of carbonyl (C=O) groups is 2. The second kappa shape index (κ2) is 7.89. The average molecular weight is 412 g/mol. The van der Waals surface area contributed by atoms with Crippen molar-refractivity contribution in [3.05, 3.63) is 64.8 Å². The van der Waals surface area contributed by atoms with Crippen LogP contribution >= 0.6 is 11.6 Å². The summed E-state index contributed by atoms with van der Waals surface area (Å²) in [6.45, 7) is 4.23. The molecule has 0 amide bonds. The fourth-order valence-electron chi connectivity index (χ4n) is 3.97. The Kier molecular flexibility index (Phi) is 5.30. The number of aliphatic carboxylic acids is 1. The zero-order chi connectivity index (χ0) is 20.5. The molecule has 2 heterocycles. The fraction of sp³-hybridized carbons (Fsp3) is 0.273. The maximum Gasteiger partial charge on any atom is 0.325 e. The van der Waals surface area contributed by atoms with E-state index in [1.54, 1.807) is 19.2 Å². The largest absolute Gasteiger partial charge is 0.480 e. The quantitative estimate of drug-likeness (QED) is 0.621. The molecule has 0 saturated carbocycles. The lowest BCUT2D eigenvalue weighted by atomic mass is 10.0. The second-order valence-electron chi connectivity index (χ2n) is 7.30. The number of benzene rings is 2. The van der Waals surface area contributed by atoms with E-state index in [4.69, 9.17) is 11.6 Å². The number of aromatic nitrogens is 1.